The normalized spacial score (nSPS) is 13.8. The van der Waals surface area contributed by atoms with Gasteiger partial charge in [0.1, 0.15) is 12.6 Å². The zero-order chi connectivity index (χ0) is 30.4. The van der Waals surface area contributed by atoms with Gasteiger partial charge in [-0.25, -0.2) is 4.57 Å². The van der Waals surface area contributed by atoms with E-state index in [4.69, 9.17) is 13.8 Å². The molecular weight excluding hydrogens is 549 g/mol. The van der Waals surface area contributed by atoms with E-state index in [0.717, 1.165) is 51.5 Å². The Bertz CT molecular complexity index is 738. The van der Waals surface area contributed by atoms with Gasteiger partial charge < -0.3 is 23.8 Å². The summed E-state index contributed by atoms with van der Waals surface area (Å²) in [6.07, 6.45) is 30.5. The maximum Gasteiger partial charge on any atom is 0.267 e. The molecule has 1 heterocycles. The SMILES string of the molecule is CCCCCCCCCCCCCCCCCCOCC(O)COP(=O)([O-])OCCCCCCCC[n+]1ccccc1. The minimum absolute atomic E-state index is 0.0710. The molecule has 1 aromatic heterocycles. The van der Waals surface area contributed by atoms with E-state index in [-0.39, 0.29) is 19.8 Å². The molecule has 8 heteroatoms. The minimum atomic E-state index is -4.39. The average molecular weight is 614 g/mol. The lowest BCUT2D eigenvalue weighted by atomic mass is 10.0. The first-order chi connectivity index (χ1) is 20.5. The highest BCUT2D eigenvalue weighted by atomic mass is 31.2. The average Bonchev–Trinajstić information content (AvgIpc) is 2.99. The summed E-state index contributed by atoms with van der Waals surface area (Å²) < 4.78 is 29.3. The molecule has 0 radical (unpaired) electrons. The summed E-state index contributed by atoms with van der Waals surface area (Å²) in [4.78, 5) is 11.9. The Hall–Kier alpha value is -0.820. The van der Waals surface area contributed by atoms with E-state index in [0.29, 0.717) is 13.0 Å². The fraction of sp³-hybridized carbons (Fsp3) is 0.853. The lowest BCUT2D eigenvalue weighted by Crippen LogP contribution is -2.32. The Morgan fingerprint density at radius 3 is 1.60 bits per heavy atom. The number of hydrogen-bond acceptors (Lipinski definition) is 6. The van der Waals surface area contributed by atoms with Crippen LogP contribution in [0.3, 0.4) is 0 Å². The molecule has 0 aliphatic heterocycles. The van der Waals surface area contributed by atoms with Gasteiger partial charge >= 0.3 is 0 Å². The standard InChI is InChI=1S/C34H64NO6P/c1-2-3-4-5-6-7-8-9-10-11-12-13-14-16-19-25-30-39-32-34(36)33-41-42(37,38)40-31-26-20-17-15-18-22-27-35-28-23-21-24-29-35/h21,23-24,28-29,34,36H,2-20,22,25-27,30-33H2,1H3. The lowest BCUT2D eigenvalue weighted by molar-refractivity contribution is -0.697. The summed E-state index contributed by atoms with van der Waals surface area (Å²) in [5.41, 5.74) is 0. The predicted molar refractivity (Wildman–Crippen MR) is 170 cm³/mol. The van der Waals surface area contributed by atoms with Crippen LogP contribution in [0.5, 0.6) is 0 Å². The molecule has 0 aromatic carbocycles. The van der Waals surface area contributed by atoms with E-state index in [1.54, 1.807) is 0 Å². The smallest absolute Gasteiger partial charge is 0.267 e. The number of aromatic nitrogens is 1. The number of ether oxygens (including phenoxy) is 1. The van der Waals surface area contributed by atoms with E-state index < -0.39 is 13.9 Å². The van der Waals surface area contributed by atoms with Gasteiger partial charge in [-0.1, -0.05) is 129 Å². The van der Waals surface area contributed by atoms with Gasteiger partial charge in [0.05, 0.1) is 19.8 Å². The number of aryl methyl sites for hydroxylation is 1. The summed E-state index contributed by atoms with van der Waals surface area (Å²) in [7, 11) is -4.39. The fourth-order valence-electron chi connectivity index (χ4n) is 5.10. The first kappa shape index (κ1) is 39.2. The highest BCUT2D eigenvalue weighted by Crippen LogP contribution is 2.38. The van der Waals surface area contributed by atoms with Crippen LogP contribution in [0.2, 0.25) is 0 Å². The van der Waals surface area contributed by atoms with Crippen LogP contribution in [0.4, 0.5) is 0 Å². The van der Waals surface area contributed by atoms with Crippen LogP contribution in [0.25, 0.3) is 0 Å². The number of phosphoric acid groups is 1. The van der Waals surface area contributed by atoms with Crippen LogP contribution in [0, 0.1) is 0 Å². The highest BCUT2D eigenvalue weighted by Gasteiger charge is 2.13. The molecule has 0 spiro atoms. The van der Waals surface area contributed by atoms with Crippen LogP contribution >= 0.6 is 7.82 Å². The van der Waals surface area contributed by atoms with Crippen molar-refractivity contribution in [3.8, 4) is 0 Å². The molecule has 246 valence electrons. The summed E-state index contributed by atoms with van der Waals surface area (Å²) in [5, 5.41) is 9.97. The zero-order valence-corrected chi connectivity index (χ0v) is 27.8. The van der Waals surface area contributed by atoms with Crippen molar-refractivity contribution in [1.29, 1.82) is 0 Å². The first-order valence-corrected chi connectivity index (χ1v) is 18.8. The summed E-state index contributed by atoms with van der Waals surface area (Å²) >= 11 is 0. The predicted octanol–water partition coefficient (Wildman–Crippen LogP) is 8.46. The number of unbranched alkanes of at least 4 members (excludes halogenated alkanes) is 20. The van der Waals surface area contributed by atoms with Gasteiger partial charge in [-0.3, -0.25) is 4.57 Å². The van der Waals surface area contributed by atoms with E-state index in [2.05, 4.69) is 23.9 Å². The van der Waals surface area contributed by atoms with E-state index in [1.165, 1.54) is 89.9 Å². The third kappa shape index (κ3) is 26.8. The molecule has 1 rings (SSSR count). The number of nitrogens with zero attached hydrogens (tertiary/aromatic N) is 1. The van der Waals surface area contributed by atoms with E-state index >= 15 is 0 Å². The number of hydrogen-bond donors (Lipinski definition) is 1. The van der Waals surface area contributed by atoms with Gasteiger partial charge in [0.15, 0.2) is 12.4 Å². The molecule has 1 N–H and O–H groups in total. The van der Waals surface area contributed by atoms with Gasteiger partial charge in [0.2, 0.25) is 0 Å². The molecule has 0 aliphatic carbocycles. The van der Waals surface area contributed by atoms with Gasteiger partial charge in [-0.15, -0.1) is 0 Å². The van der Waals surface area contributed by atoms with E-state index in [1.807, 2.05) is 18.2 Å². The topological polar surface area (TPSA) is 91.9 Å². The fourth-order valence-corrected chi connectivity index (χ4v) is 5.88. The van der Waals surface area contributed by atoms with Gasteiger partial charge in [0.25, 0.3) is 7.82 Å². The van der Waals surface area contributed by atoms with Crippen molar-refractivity contribution in [1.82, 2.24) is 0 Å². The largest absolute Gasteiger partial charge is 0.756 e. The Labute approximate surface area is 258 Å². The van der Waals surface area contributed by atoms with Crippen molar-refractivity contribution >= 4 is 7.82 Å². The Morgan fingerprint density at radius 1 is 0.619 bits per heavy atom. The van der Waals surface area contributed by atoms with Crippen molar-refractivity contribution in [3.05, 3.63) is 30.6 Å². The summed E-state index contributed by atoms with van der Waals surface area (Å²) in [6, 6.07) is 6.09. The van der Waals surface area contributed by atoms with Crippen molar-refractivity contribution in [2.75, 3.05) is 26.4 Å². The molecule has 0 bridgehead atoms. The first-order valence-electron chi connectivity index (χ1n) is 17.3. The molecule has 0 saturated carbocycles. The number of pyridine rings is 1. The van der Waals surface area contributed by atoms with Crippen LogP contribution in [-0.4, -0.2) is 37.6 Å². The second-order valence-corrected chi connectivity index (χ2v) is 13.3. The summed E-state index contributed by atoms with van der Waals surface area (Å²) in [6.45, 7) is 3.73. The number of aliphatic hydroxyl groups excluding tert-OH is 1. The van der Waals surface area contributed by atoms with Crippen LogP contribution in [-0.2, 0) is 24.9 Å². The molecule has 0 aliphatic rings. The second-order valence-electron chi connectivity index (χ2n) is 11.8. The van der Waals surface area contributed by atoms with Crippen LogP contribution in [0.15, 0.2) is 30.6 Å². The zero-order valence-electron chi connectivity index (χ0n) is 26.9. The molecule has 0 amide bonds. The van der Waals surface area contributed by atoms with Crippen molar-refractivity contribution in [2.24, 2.45) is 0 Å². The van der Waals surface area contributed by atoms with Gasteiger partial charge in [0, 0.05) is 25.2 Å². The molecule has 7 nitrogen and oxygen atoms in total. The van der Waals surface area contributed by atoms with Crippen LogP contribution in [0.1, 0.15) is 148 Å². The maximum atomic E-state index is 11.9. The van der Waals surface area contributed by atoms with Crippen molar-refractivity contribution in [3.63, 3.8) is 0 Å². The van der Waals surface area contributed by atoms with E-state index in [9.17, 15) is 14.6 Å². The molecular formula is C34H64NO6P. The number of rotatable bonds is 32. The highest BCUT2D eigenvalue weighted by molar-refractivity contribution is 7.45. The van der Waals surface area contributed by atoms with Crippen molar-refractivity contribution < 1.29 is 32.9 Å². The Morgan fingerprint density at radius 2 is 1.07 bits per heavy atom. The van der Waals surface area contributed by atoms with Crippen LogP contribution < -0.4 is 9.46 Å². The number of phosphoric ester groups is 1. The third-order valence-corrected chi connectivity index (χ3v) is 8.68. The monoisotopic (exact) mass is 613 g/mol. The minimum Gasteiger partial charge on any atom is -0.756 e. The molecule has 42 heavy (non-hydrogen) atoms. The second kappa shape index (κ2) is 28.9. The molecule has 1 aromatic rings. The van der Waals surface area contributed by atoms with Gasteiger partial charge in [-0.2, -0.15) is 0 Å². The lowest BCUT2D eigenvalue weighted by Gasteiger charge is -2.24. The number of aliphatic hydroxyl groups is 1. The maximum absolute atomic E-state index is 11.9. The molecule has 0 fully saturated rings. The molecule has 2 atom stereocenters. The molecule has 0 saturated heterocycles. The molecule has 2 unspecified atom stereocenters. The van der Waals surface area contributed by atoms with Gasteiger partial charge in [-0.05, 0) is 19.3 Å². The Balaban J connectivity index is 1.81. The Kier molecular flexibility index (Phi) is 27.0. The van der Waals surface area contributed by atoms with Crippen molar-refractivity contribution in [2.45, 2.75) is 161 Å². The quantitative estimate of drug-likeness (QED) is 0.0498. The third-order valence-electron chi connectivity index (χ3n) is 7.71. The summed E-state index contributed by atoms with van der Waals surface area (Å²) in [5.74, 6) is 0.